The molecule has 0 amide bonds. The lowest BCUT2D eigenvalue weighted by Gasteiger charge is -2.45. The van der Waals surface area contributed by atoms with Gasteiger partial charge in [-0.1, -0.05) is 27.7 Å². The number of imidazole rings is 1. The van der Waals surface area contributed by atoms with Crippen LogP contribution in [0.5, 0.6) is 0 Å². The van der Waals surface area contributed by atoms with Crippen molar-refractivity contribution < 1.29 is 4.74 Å². The third-order valence-corrected chi connectivity index (χ3v) is 4.44. The van der Waals surface area contributed by atoms with Gasteiger partial charge in [0.2, 0.25) is 5.95 Å². The molecule has 0 spiro atoms. The van der Waals surface area contributed by atoms with E-state index in [9.17, 15) is 0 Å². The minimum Gasteiger partial charge on any atom is -0.383 e. The van der Waals surface area contributed by atoms with Gasteiger partial charge in [0.1, 0.15) is 0 Å². The van der Waals surface area contributed by atoms with E-state index in [4.69, 9.17) is 4.74 Å². The number of hydrogen-bond donors (Lipinski definition) is 1. The average molecular weight is 293 g/mol. The molecule has 120 valence electrons. The summed E-state index contributed by atoms with van der Waals surface area (Å²) < 4.78 is 7.44. The van der Waals surface area contributed by atoms with Crippen molar-refractivity contribution in [1.29, 1.82) is 0 Å². The molecular formula is C17H31N3O. The molecule has 0 aliphatic heterocycles. The lowest BCUT2D eigenvalue weighted by Crippen LogP contribution is -2.40. The monoisotopic (exact) mass is 293 g/mol. The van der Waals surface area contributed by atoms with Gasteiger partial charge in [0.25, 0.3) is 0 Å². The minimum absolute atomic E-state index is 0.296. The van der Waals surface area contributed by atoms with Crippen LogP contribution in [0.25, 0.3) is 0 Å². The predicted molar refractivity (Wildman–Crippen MR) is 87.6 cm³/mol. The van der Waals surface area contributed by atoms with Gasteiger partial charge in [-0.25, -0.2) is 4.98 Å². The van der Waals surface area contributed by atoms with Crippen molar-refractivity contribution in [1.82, 2.24) is 9.55 Å². The van der Waals surface area contributed by atoms with Crippen LogP contribution in [0.3, 0.4) is 0 Å². The molecule has 0 saturated heterocycles. The highest BCUT2D eigenvalue weighted by Crippen LogP contribution is 2.46. The van der Waals surface area contributed by atoms with Crippen LogP contribution >= 0.6 is 0 Å². The van der Waals surface area contributed by atoms with Crippen LogP contribution in [0, 0.1) is 10.8 Å². The second-order valence-corrected chi connectivity index (χ2v) is 8.22. The molecule has 1 heterocycles. The lowest BCUT2D eigenvalue weighted by atomic mass is 9.63. The van der Waals surface area contributed by atoms with E-state index in [1.54, 1.807) is 7.11 Å². The number of aromatic nitrogens is 2. The Morgan fingerprint density at radius 1 is 1.33 bits per heavy atom. The van der Waals surface area contributed by atoms with Gasteiger partial charge in [-0.05, 0) is 37.0 Å². The molecule has 1 N–H and O–H groups in total. The summed E-state index contributed by atoms with van der Waals surface area (Å²) in [5.41, 5.74) is 0.768. The van der Waals surface area contributed by atoms with Crippen LogP contribution in [-0.4, -0.2) is 29.3 Å². The van der Waals surface area contributed by atoms with E-state index < -0.39 is 0 Å². The van der Waals surface area contributed by atoms with Crippen molar-refractivity contribution in [3.05, 3.63) is 12.4 Å². The topological polar surface area (TPSA) is 39.1 Å². The molecule has 21 heavy (non-hydrogen) atoms. The molecule has 2 rings (SSSR count). The molecule has 1 aromatic heterocycles. The first-order valence-corrected chi connectivity index (χ1v) is 8.01. The zero-order valence-electron chi connectivity index (χ0n) is 14.4. The number of hydrogen-bond acceptors (Lipinski definition) is 3. The number of methoxy groups -OCH3 is 1. The summed E-state index contributed by atoms with van der Waals surface area (Å²) in [6.07, 6.45) is 7.58. The maximum absolute atomic E-state index is 5.26. The van der Waals surface area contributed by atoms with Gasteiger partial charge in [-0.15, -0.1) is 0 Å². The van der Waals surface area contributed by atoms with Crippen LogP contribution in [0.1, 0.15) is 59.9 Å². The molecule has 1 aliphatic carbocycles. The molecule has 0 aromatic carbocycles. The highest BCUT2D eigenvalue weighted by molar-refractivity contribution is 5.29. The Morgan fingerprint density at radius 2 is 1.95 bits per heavy atom. The summed E-state index contributed by atoms with van der Waals surface area (Å²) in [5.74, 6) is 0.970. The first-order valence-electron chi connectivity index (χ1n) is 8.01. The zero-order valence-corrected chi connectivity index (χ0v) is 14.4. The maximum Gasteiger partial charge on any atom is 0.203 e. The second kappa shape index (κ2) is 5.99. The quantitative estimate of drug-likeness (QED) is 0.888. The van der Waals surface area contributed by atoms with Crippen molar-refractivity contribution in [2.24, 2.45) is 10.8 Å². The summed E-state index contributed by atoms with van der Waals surface area (Å²) in [6, 6.07) is 0.782. The van der Waals surface area contributed by atoms with Crippen LogP contribution in [0.2, 0.25) is 0 Å². The molecule has 1 aliphatic rings. The molecule has 0 bridgehead atoms. The summed E-state index contributed by atoms with van der Waals surface area (Å²) >= 11 is 0. The Labute approximate surface area is 129 Å². The van der Waals surface area contributed by atoms with Crippen LogP contribution in [0.4, 0.5) is 5.95 Å². The fourth-order valence-electron chi connectivity index (χ4n) is 4.23. The van der Waals surface area contributed by atoms with Crippen LogP contribution in [0.15, 0.2) is 12.4 Å². The Morgan fingerprint density at radius 3 is 2.52 bits per heavy atom. The molecule has 0 radical (unpaired) electrons. The fraction of sp³-hybridized carbons (Fsp3) is 0.824. The zero-order chi connectivity index (χ0) is 15.7. The normalized spacial score (nSPS) is 23.0. The van der Waals surface area contributed by atoms with Gasteiger partial charge in [0.15, 0.2) is 0 Å². The van der Waals surface area contributed by atoms with Crippen molar-refractivity contribution in [2.45, 2.75) is 66.0 Å². The van der Waals surface area contributed by atoms with Crippen molar-refractivity contribution >= 4 is 5.95 Å². The highest BCUT2D eigenvalue weighted by Gasteiger charge is 2.38. The van der Waals surface area contributed by atoms with Gasteiger partial charge >= 0.3 is 0 Å². The van der Waals surface area contributed by atoms with E-state index in [0.717, 1.165) is 5.95 Å². The van der Waals surface area contributed by atoms with Crippen molar-refractivity contribution in [3.63, 3.8) is 0 Å². The third kappa shape index (κ3) is 4.22. The Bertz CT molecular complexity index is 448. The summed E-state index contributed by atoms with van der Waals surface area (Å²) in [4.78, 5) is 4.51. The number of nitrogens with one attached hydrogen (secondary N) is 1. The molecular weight excluding hydrogens is 262 g/mol. The molecule has 1 atom stereocenters. The third-order valence-electron chi connectivity index (χ3n) is 4.44. The molecule has 1 fully saturated rings. The number of ether oxygens (including phenoxy) is 1. The first-order chi connectivity index (χ1) is 9.72. The molecule has 1 aromatic rings. The van der Waals surface area contributed by atoms with E-state index in [0.29, 0.717) is 29.5 Å². The Balaban J connectivity index is 2.10. The number of anilines is 1. The predicted octanol–water partition coefficient (Wildman–Crippen LogP) is 4.11. The smallest absolute Gasteiger partial charge is 0.203 e. The molecule has 1 saturated carbocycles. The van der Waals surface area contributed by atoms with E-state index in [-0.39, 0.29) is 0 Å². The number of rotatable bonds is 5. The van der Waals surface area contributed by atoms with E-state index in [1.165, 1.54) is 19.3 Å². The highest BCUT2D eigenvalue weighted by atomic mass is 16.5. The van der Waals surface area contributed by atoms with Gasteiger partial charge in [0, 0.05) is 25.5 Å². The van der Waals surface area contributed by atoms with Gasteiger partial charge < -0.3 is 14.6 Å². The standard InChI is InChI=1S/C17H31N3O/c1-13(11-21-6)20-8-7-18-15(20)19-14-9-16(2,3)12-17(4,5)10-14/h7-8,13-14H,9-12H2,1-6H3,(H,18,19). The summed E-state index contributed by atoms with van der Waals surface area (Å²) in [6.45, 7) is 12.4. The van der Waals surface area contributed by atoms with Crippen molar-refractivity contribution in [3.8, 4) is 0 Å². The number of nitrogens with zero attached hydrogens (tertiary/aromatic N) is 2. The maximum atomic E-state index is 5.26. The molecule has 1 unspecified atom stereocenters. The van der Waals surface area contributed by atoms with E-state index in [2.05, 4.69) is 49.5 Å². The Hall–Kier alpha value is -1.03. The summed E-state index contributed by atoms with van der Waals surface area (Å²) in [5, 5.41) is 3.68. The van der Waals surface area contributed by atoms with Crippen molar-refractivity contribution in [2.75, 3.05) is 19.0 Å². The van der Waals surface area contributed by atoms with Gasteiger partial charge in [-0.3, -0.25) is 0 Å². The SMILES string of the molecule is COCC(C)n1ccnc1NC1CC(C)(C)CC(C)(C)C1. The van der Waals surface area contributed by atoms with Gasteiger partial charge in [0.05, 0.1) is 12.6 Å². The molecule has 4 nitrogen and oxygen atoms in total. The fourth-order valence-corrected chi connectivity index (χ4v) is 4.23. The lowest BCUT2D eigenvalue weighted by molar-refractivity contribution is 0.105. The second-order valence-electron chi connectivity index (χ2n) is 8.22. The summed E-state index contributed by atoms with van der Waals surface area (Å²) in [7, 11) is 1.74. The van der Waals surface area contributed by atoms with Crippen LogP contribution < -0.4 is 5.32 Å². The van der Waals surface area contributed by atoms with Gasteiger partial charge in [-0.2, -0.15) is 0 Å². The first kappa shape index (κ1) is 16.3. The average Bonchev–Trinajstić information content (AvgIpc) is 2.72. The molecule has 4 heteroatoms. The minimum atomic E-state index is 0.296. The Kier molecular flexibility index (Phi) is 4.66. The van der Waals surface area contributed by atoms with E-state index in [1.807, 2.05) is 12.4 Å². The van der Waals surface area contributed by atoms with Crippen LogP contribution in [-0.2, 0) is 4.74 Å². The van der Waals surface area contributed by atoms with E-state index >= 15 is 0 Å². The largest absolute Gasteiger partial charge is 0.383 e.